The Labute approximate surface area is 157 Å². The number of nitrogens with one attached hydrogen (secondary N) is 1. The van der Waals surface area contributed by atoms with E-state index in [0.717, 1.165) is 23.5 Å². The number of aromatic hydroxyl groups is 1. The number of ketones is 1. The van der Waals surface area contributed by atoms with Gasteiger partial charge in [0.15, 0.2) is 0 Å². The summed E-state index contributed by atoms with van der Waals surface area (Å²) in [6.45, 7) is 1.68. The number of thiophene rings is 1. The van der Waals surface area contributed by atoms with Gasteiger partial charge in [0, 0.05) is 27.6 Å². The molecule has 7 heteroatoms. The summed E-state index contributed by atoms with van der Waals surface area (Å²) < 4.78 is 29.1. The Bertz CT molecular complexity index is 1090. The Morgan fingerprint density at radius 1 is 1.07 bits per heavy atom. The molecule has 2 aromatic carbocycles. The molecule has 2 N–H and O–H groups in total. The summed E-state index contributed by atoms with van der Waals surface area (Å²) in [6, 6.07) is 10.9. The molecule has 0 fully saturated rings. The van der Waals surface area contributed by atoms with Crippen molar-refractivity contribution in [2.45, 2.75) is 12.6 Å². The zero-order valence-electron chi connectivity index (χ0n) is 14.0. The Morgan fingerprint density at radius 3 is 2.44 bits per heavy atom. The summed E-state index contributed by atoms with van der Waals surface area (Å²) in [7, 11) is 0. The van der Waals surface area contributed by atoms with E-state index in [-0.39, 0.29) is 33.0 Å². The maximum Gasteiger partial charge on any atom is 0.275 e. The first-order chi connectivity index (χ1) is 12.8. The van der Waals surface area contributed by atoms with Crippen molar-refractivity contribution in [2.24, 2.45) is 0 Å². The summed E-state index contributed by atoms with van der Waals surface area (Å²) >= 11 is 1.10. The molecule has 0 aliphatic carbocycles. The maximum absolute atomic E-state index is 15.8. The number of rotatable bonds is 2. The van der Waals surface area contributed by atoms with Crippen molar-refractivity contribution in [2.75, 3.05) is 5.32 Å². The second kappa shape index (κ2) is 5.99. The molecule has 1 amide bonds. The van der Waals surface area contributed by atoms with Crippen molar-refractivity contribution in [3.8, 4) is 16.9 Å². The van der Waals surface area contributed by atoms with Crippen LogP contribution in [0.25, 0.3) is 11.1 Å². The topological polar surface area (TPSA) is 66.4 Å². The average Bonchev–Trinajstić information content (AvgIpc) is 2.96. The van der Waals surface area contributed by atoms with Crippen LogP contribution in [0.15, 0.2) is 48.5 Å². The molecule has 3 aromatic rings. The standard InChI is InChI=1S/C20H13F2NO3S/c1-10-15(13-8-7-12(21)9-14(13)24)16-17(25)20(22,11-5-3-2-4-6-11)19(26)23-18(16)27-10/h2-9,24H,1H3,(H,23,26). The number of aryl methyl sites for hydroxylation is 1. The van der Waals surface area contributed by atoms with E-state index in [1.165, 1.54) is 18.2 Å². The smallest absolute Gasteiger partial charge is 0.275 e. The van der Waals surface area contributed by atoms with Crippen molar-refractivity contribution in [3.63, 3.8) is 0 Å². The number of alkyl halides is 1. The molecular weight excluding hydrogens is 372 g/mol. The van der Waals surface area contributed by atoms with Crippen LogP contribution in [0.5, 0.6) is 5.75 Å². The highest BCUT2D eigenvalue weighted by molar-refractivity contribution is 7.17. The summed E-state index contributed by atoms with van der Waals surface area (Å²) in [5, 5.41) is 12.8. The SMILES string of the molecule is Cc1sc2c(c1-c1ccc(F)cc1O)C(=O)C(F)(c1ccccc1)C(=O)N2. The fourth-order valence-corrected chi connectivity index (χ4v) is 4.35. The van der Waals surface area contributed by atoms with Gasteiger partial charge in [-0.05, 0) is 19.1 Å². The van der Waals surface area contributed by atoms with Crippen LogP contribution in [0.2, 0.25) is 0 Å². The van der Waals surface area contributed by atoms with Gasteiger partial charge in [-0.1, -0.05) is 30.3 Å². The number of fused-ring (bicyclic) bond motifs is 1. The lowest BCUT2D eigenvalue weighted by Gasteiger charge is -2.28. The van der Waals surface area contributed by atoms with Gasteiger partial charge in [-0.2, -0.15) is 0 Å². The number of amides is 1. The number of carbonyl (C=O) groups excluding carboxylic acids is 2. The minimum atomic E-state index is -2.88. The van der Waals surface area contributed by atoms with Crippen LogP contribution in [-0.4, -0.2) is 16.8 Å². The molecule has 1 atom stereocenters. The van der Waals surface area contributed by atoms with E-state index in [4.69, 9.17) is 0 Å². The highest BCUT2D eigenvalue weighted by atomic mass is 32.1. The predicted octanol–water partition coefficient (Wildman–Crippen LogP) is 4.57. The number of phenolic OH excluding ortho intramolecular Hbond substituents is 1. The lowest BCUT2D eigenvalue weighted by molar-refractivity contribution is -0.125. The highest BCUT2D eigenvalue weighted by Gasteiger charge is 2.54. The van der Waals surface area contributed by atoms with E-state index in [2.05, 4.69) is 5.32 Å². The van der Waals surface area contributed by atoms with E-state index in [1.54, 1.807) is 25.1 Å². The fraction of sp³-hybridized carbons (Fsp3) is 0.100. The first kappa shape index (κ1) is 17.4. The molecule has 1 unspecified atom stereocenters. The second-order valence-electron chi connectivity index (χ2n) is 6.21. The van der Waals surface area contributed by atoms with Crippen LogP contribution in [0.4, 0.5) is 13.8 Å². The van der Waals surface area contributed by atoms with Crippen LogP contribution in [0.1, 0.15) is 20.8 Å². The summed E-state index contributed by atoms with van der Waals surface area (Å²) in [4.78, 5) is 26.2. The minimum absolute atomic E-state index is 0.0228. The molecule has 0 radical (unpaired) electrons. The third-order valence-corrected chi connectivity index (χ3v) is 5.59. The fourth-order valence-electron chi connectivity index (χ4n) is 3.28. The van der Waals surface area contributed by atoms with Crippen molar-refractivity contribution in [1.29, 1.82) is 0 Å². The minimum Gasteiger partial charge on any atom is -0.507 e. The third kappa shape index (κ3) is 2.46. The van der Waals surface area contributed by atoms with Gasteiger partial charge < -0.3 is 10.4 Å². The second-order valence-corrected chi connectivity index (χ2v) is 7.43. The van der Waals surface area contributed by atoms with Crippen LogP contribution in [0.3, 0.4) is 0 Å². The van der Waals surface area contributed by atoms with Crippen molar-refractivity contribution in [3.05, 3.63) is 70.4 Å². The first-order valence-electron chi connectivity index (χ1n) is 8.07. The van der Waals surface area contributed by atoms with Gasteiger partial charge >= 0.3 is 0 Å². The lowest BCUT2D eigenvalue weighted by Crippen LogP contribution is -2.47. The van der Waals surface area contributed by atoms with Crippen LogP contribution >= 0.6 is 11.3 Å². The normalized spacial score (nSPS) is 18.9. The van der Waals surface area contributed by atoms with E-state index in [0.29, 0.717) is 4.88 Å². The van der Waals surface area contributed by atoms with Gasteiger partial charge in [-0.15, -0.1) is 11.3 Å². The van der Waals surface area contributed by atoms with E-state index < -0.39 is 23.2 Å². The quantitative estimate of drug-likeness (QED) is 0.635. The van der Waals surface area contributed by atoms with Gasteiger partial charge in [-0.3, -0.25) is 9.59 Å². The molecule has 0 spiro atoms. The van der Waals surface area contributed by atoms with Gasteiger partial charge in [0.05, 0.1) is 5.56 Å². The number of anilines is 1. The van der Waals surface area contributed by atoms with E-state index in [9.17, 15) is 19.1 Å². The number of carbonyl (C=O) groups is 2. The zero-order chi connectivity index (χ0) is 19.3. The molecule has 0 saturated carbocycles. The first-order valence-corrected chi connectivity index (χ1v) is 8.88. The predicted molar refractivity (Wildman–Crippen MR) is 98.3 cm³/mol. The Morgan fingerprint density at radius 2 is 1.78 bits per heavy atom. The van der Waals surface area contributed by atoms with Crippen LogP contribution in [-0.2, 0) is 10.5 Å². The molecule has 0 bridgehead atoms. The number of hydrogen-bond acceptors (Lipinski definition) is 4. The number of hydrogen-bond donors (Lipinski definition) is 2. The van der Waals surface area contributed by atoms with Gasteiger partial charge in [0.25, 0.3) is 11.6 Å². The molecule has 136 valence electrons. The third-order valence-electron chi connectivity index (χ3n) is 4.56. The van der Waals surface area contributed by atoms with Crippen LogP contribution < -0.4 is 5.32 Å². The van der Waals surface area contributed by atoms with E-state index >= 15 is 4.39 Å². The highest BCUT2D eigenvalue weighted by Crippen LogP contribution is 2.49. The molecule has 2 heterocycles. The number of halogens is 2. The molecule has 0 saturated heterocycles. The van der Waals surface area contributed by atoms with Gasteiger partial charge in [-0.25, -0.2) is 8.78 Å². The number of benzene rings is 2. The number of phenols is 1. The molecule has 4 rings (SSSR count). The Hall–Kier alpha value is -3.06. The average molecular weight is 385 g/mol. The molecule has 1 aliphatic rings. The Kier molecular flexibility index (Phi) is 3.85. The van der Waals surface area contributed by atoms with Crippen LogP contribution in [0, 0.1) is 12.7 Å². The van der Waals surface area contributed by atoms with Crippen molar-refractivity contribution >= 4 is 28.0 Å². The Balaban J connectivity index is 1.96. The monoisotopic (exact) mass is 385 g/mol. The van der Waals surface area contributed by atoms with Gasteiger partial charge in [0.2, 0.25) is 5.78 Å². The van der Waals surface area contributed by atoms with Gasteiger partial charge in [0.1, 0.15) is 16.6 Å². The van der Waals surface area contributed by atoms with E-state index in [1.807, 2.05) is 0 Å². The largest absolute Gasteiger partial charge is 0.507 e. The summed E-state index contributed by atoms with van der Waals surface area (Å²) in [5.74, 6) is -3.06. The van der Waals surface area contributed by atoms with Crippen molar-refractivity contribution < 1.29 is 23.5 Å². The zero-order valence-corrected chi connectivity index (χ0v) is 14.9. The molecule has 1 aromatic heterocycles. The lowest BCUT2D eigenvalue weighted by atomic mass is 9.82. The summed E-state index contributed by atoms with van der Waals surface area (Å²) in [5.41, 5.74) is -2.49. The molecule has 27 heavy (non-hydrogen) atoms. The molecule has 4 nitrogen and oxygen atoms in total. The van der Waals surface area contributed by atoms with Crippen molar-refractivity contribution in [1.82, 2.24) is 0 Å². The maximum atomic E-state index is 15.8. The summed E-state index contributed by atoms with van der Waals surface area (Å²) in [6.07, 6.45) is 0. The number of Topliss-reactive ketones (excluding diaryl/α,β-unsaturated/α-hetero) is 1. The molecular formula is C20H13F2NO3S. The molecule has 1 aliphatic heterocycles.